The molecule has 0 rings (SSSR count). The van der Waals surface area contributed by atoms with Gasteiger partial charge in [0, 0.05) is 12.8 Å². The van der Waals surface area contributed by atoms with Gasteiger partial charge in [-0.1, -0.05) is 217 Å². The molecule has 69 heavy (non-hydrogen) atoms. The molecule has 0 aromatic heterocycles. The first kappa shape index (κ1) is 66.7. The fourth-order valence-electron chi connectivity index (χ4n) is 7.96. The van der Waals surface area contributed by atoms with Crippen molar-refractivity contribution in [1.29, 1.82) is 0 Å². The third-order valence-corrected chi connectivity index (χ3v) is 13.4. The summed E-state index contributed by atoms with van der Waals surface area (Å²) in [5.41, 5.74) is 0. The maximum atomic E-state index is 13.5. The predicted molar refractivity (Wildman–Crippen MR) is 295 cm³/mol. The molecule has 0 saturated carbocycles. The minimum atomic E-state index is -4.45. The minimum Gasteiger partial charge on any atom is -0.456 e. The van der Waals surface area contributed by atoms with Crippen molar-refractivity contribution < 1.29 is 37.3 Å². The number of nitrogens with zero attached hydrogens (tertiary/aromatic N) is 1. The summed E-state index contributed by atoms with van der Waals surface area (Å²) in [6, 6.07) is -0.872. The van der Waals surface area contributed by atoms with Crippen LogP contribution in [0.15, 0.2) is 60.8 Å². The summed E-state index contributed by atoms with van der Waals surface area (Å²) in [5.74, 6) is -0.588. The molecule has 0 aliphatic heterocycles. The van der Waals surface area contributed by atoms with Crippen molar-refractivity contribution in [2.75, 3.05) is 40.9 Å². The van der Waals surface area contributed by atoms with Gasteiger partial charge in [0.15, 0.2) is 0 Å². The van der Waals surface area contributed by atoms with Crippen molar-refractivity contribution in [3.63, 3.8) is 0 Å². The van der Waals surface area contributed by atoms with Crippen LogP contribution in [-0.4, -0.2) is 74.3 Å². The highest BCUT2D eigenvalue weighted by Crippen LogP contribution is 2.43. The lowest BCUT2D eigenvalue weighted by Gasteiger charge is -2.27. The number of likely N-dealkylation sites (N-methyl/N-ethyl adjacent to an activating group) is 1. The molecule has 2 N–H and O–H groups in total. The lowest BCUT2D eigenvalue weighted by molar-refractivity contribution is -0.870. The number of allylic oxidation sites excluding steroid dienone is 9. The van der Waals surface area contributed by atoms with E-state index in [1.54, 1.807) is 0 Å². The Balaban J connectivity index is 5.34. The number of carbonyl (C=O) groups is 2. The molecule has 0 aromatic rings. The normalized spacial score (nSPS) is 14.2. The Morgan fingerprint density at radius 1 is 0.507 bits per heavy atom. The Labute approximate surface area is 426 Å². The topological polar surface area (TPSA) is 111 Å². The summed E-state index contributed by atoms with van der Waals surface area (Å²) >= 11 is 0. The van der Waals surface area contributed by atoms with E-state index in [0.29, 0.717) is 23.9 Å². The van der Waals surface area contributed by atoms with Crippen LogP contribution in [0.25, 0.3) is 0 Å². The van der Waals surface area contributed by atoms with Crippen LogP contribution >= 0.6 is 7.82 Å². The number of quaternary nitrogens is 1. The molecular formula is C59H110N2O7P+. The summed E-state index contributed by atoms with van der Waals surface area (Å²) in [6.07, 6.45) is 60.9. The average molecular weight is 991 g/mol. The first-order valence-corrected chi connectivity index (χ1v) is 30.1. The van der Waals surface area contributed by atoms with E-state index in [1.807, 2.05) is 39.4 Å². The molecule has 402 valence electrons. The second-order valence-electron chi connectivity index (χ2n) is 20.5. The smallest absolute Gasteiger partial charge is 0.456 e. The second-order valence-corrected chi connectivity index (χ2v) is 21.9. The van der Waals surface area contributed by atoms with Crippen molar-refractivity contribution >= 4 is 19.7 Å². The summed E-state index contributed by atoms with van der Waals surface area (Å²) in [6.45, 7) is 6.93. The molecule has 1 amide bonds. The van der Waals surface area contributed by atoms with Gasteiger partial charge < -0.3 is 19.4 Å². The molecule has 0 aliphatic rings. The molecule has 0 saturated heterocycles. The Hall–Kier alpha value is -2.29. The molecule has 0 bridgehead atoms. The highest BCUT2D eigenvalue weighted by atomic mass is 31.2. The van der Waals surface area contributed by atoms with E-state index in [1.165, 1.54) is 141 Å². The van der Waals surface area contributed by atoms with Gasteiger partial charge in [-0.05, 0) is 83.1 Å². The Bertz CT molecular complexity index is 1370. The SMILES string of the molecule is CCCCC/C=C\C/C=C\CCCCCCCCCCCC(=O)NC(COP(=O)(O)OCC[N+](C)(C)C)C(/C=C\CCCCCCCCCCC)OC(=O)CC/C=C/C/C=C\CCCCCCCC. The predicted octanol–water partition coefficient (Wildman–Crippen LogP) is 17.1. The summed E-state index contributed by atoms with van der Waals surface area (Å²) in [5, 5.41) is 3.03. The van der Waals surface area contributed by atoms with Gasteiger partial charge >= 0.3 is 13.8 Å². The van der Waals surface area contributed by atoms with E-state index in [2.05, 4.69) is 68.6 Å². The van der Waals surface area contributed by atoms with Gasteiger partial charge in [0.05, 0.1) is 33.8 Å². The highest BCUT2D eigenvalue weighted by Gasteiger charge is 2.30. The maximum Gasteiger partial charge on any atom is 0.472 e. The second kappa shape index (κ2) is 49.3. The van der Waals surface area contributed by atoms with Gasteiger partial charge in [-0.3, -0.25) is 18.6 Å². The lowest BCUT2D eigenvalue weighted by atomic mass is 10.0. The van der Waals surface area contributed by atoms with E-state index in [9.17, 15) is 19.0 Å². The van der Waals surface area contributed by atoms with Crippen molar-refractivity contribution in [2.24, 2.45) is 0 Å². The maximum absolute atomic E-state index is 13.5. The van der Waals surface area contributed by atoms with Crippen LogP contribution in [0.4, 0.5) is 0 Å². The first-order valence-electron chi connectivity index (χ1n) is 28.6. The van der Waals surface area contributed by atoms with Crippen LogP contribution in [0.2, 0.25) is 0 Å². The number of phosphoric ester groups is 1. The van der Waals surface area contributed by atoms with Gasteiger partial charge in [-0.25, -0.2) is 4.57 Å². The third kappa shape index (κ3) is 50.4. The highest BCUT2D eigenvalue weighted by molar-refractivity contribution is 7.47. The Morgan fingerprint density at radius 2 is 0.899 bits per heavy atom. The number of nitrogens with one attached hydrogen (secondary N) is 1. The molecule has 3 atom stereocenters. The van der Waals surface area contributed by atoms with Crippen LogP contribution in [0.3, 0.4) is 0 Å². The van der Waals surface area contributed by atoms with Gasteiger partial charge in [-0.15, -0.1) is 0 Å². The zero-order valence-electron chi connectivity index (χ0n) is 45.8. The number of ether oxygens (including phenoxy) is 1. The fraction of sp³-hybridized carbons (Fsp3) is 0.797. The van der Waals surface area contributed by atoms with Crippen LogP contribution in [0.5, 0.6) is 0 Å². The van der Waals surface area contributed by atoms with Crippen molar-refractivity contribution in [1.82, 2.24) is 5.32 Å². The minimum absolute atomic E-state index is 0.0307. The molecule has 10 heteroatoms. The zero-order valence-corrected chi connectivity index (χ0v) is 46.7. The number of amides is 1. The van der Waals surface area contributed by atoms with E-state index in [0.717, 1.165) is 70.6 Å². The quantitative estimate of drug-likeness (QED) is 0.0205. The summed E-state index contributed by atoms with van der Waals surface area (Å²) < 4.78 is 30.5. The molecule has 0 spiro atoms. The lowest BCUT2D eigenvalue weighted by Crippen LogP contribution is -2.47. The number of unbranched alkanes of at least 4 members (excludes halogenated alkanes) is 27. The monoisotopic (exact) mass is 990 g/mol. The first-order chi connectivity index (χ1) is 33.4. The van der Waals surface area contributed by atoms with E-state index in [4.69, 9.17) is 13.8 Å². The van der Waals surface area contributed by atoms with Crippen LogP contribution in [0.1, 0.15) is 252 Å². The Morgan fingerprint density at radius 3 is 1.36 bits per heavy atom. The molecule has 9 nitrogen and oxygen atoms in total. The van der Waals surface area contributed by atoms with Crippen LogP contribution < -0.4 is 5.32 Å². The van der Waals surface area contributed by atoms with Crippen molar-refractivity contribution in [3.05, 3.63) is 60.8 Å². The van der Waals surface area contributed by atoms with Gasteiger partial charge in [0.1, 0.15) is 19.3 Å². The van der Waals surface area contributed by atoms with Crippen LogP contribution in [-0.2, 0) is 27.9 Å². The van der Waals surface area contributed by atoms with E-state index < -0.39 is 25.9 Å². The molecule has 0 aliphatic carbocycles. The number of hydrogen-bond acceptors (Lipinski definition) is 6. The number of carbonyl (C=O) groups excluding carboxylic acids is 2. The summed E-state index contributed by atoms with van der Waals surface area (Å²) in [7, 11) is 1.46. The molecule has 0 fully saturated rings. The fourth-order valence-corrected chi connectivity index (χ4v) is 8.70. The molecule has 0 radical (unpaired) electrons. The largest absolute Gasteiger partial charge is 0.472 e. The molecule has 3 unspecified atom stereocenters. The zero-order chi connectivity index (χ0) is 50.8. The van der Waals surface area contributed by atoms with Gasteiger partial charge in [0.25, 0.3) is 0 Å². The number of phosphoric acid groups is 1. The third-order valence-electron chi connectivity index (χ3n) is 12.4. The molecular weight excluding hydrogens is 880 g/mol. The van der Waals surface area contributed by atoms with E-state index >= 15 is 0 Å². The molecule has 0 aromatic carbocycles. The van der Waals surface area contributed by atoms with Crippen LogP contribution in [0, 0.1) is 0 Å². The molecule has 0 heterocycles. The Kier molecular flexibility index (Phi) is 47.7. The standard InChI is InChI=1S/C59H109N2O7P/c1-7-10-13-16-19-22-25-27-28-29-30-31-32-34-36-39-42-45-48-51-58(62)60-56(55-67-69(64,65)66-54-53-61(4,5)6)57(50-47-44-41-38-35-24-21-18-15-12-9-3)68-59(63)52-49-46-43-40-37-33-26-23-20-17-14-11-8-2/h19,22,27-28,33,37,43,46-47,50,56-57H,7-18,20-21,23-26,29-32,34-36,38-42,44-45,48-49,51-55H2,1-6H3,(H-,60,62,64,65)/p+1/b22-19-,28-27-,37-33-,46-43+,50-47-. The number of hydrogen-bond donors (Lipinski definition) is 2. The van der Waals surface area contributed by atoms with Gasteiger partial charge in [-0.2, -0.15) is 0 Å². The number of esters is 1. The summed E-state index contributed by atoms with van der Waals surface area (Å²) in [4.78, 5) is 37.5. The average Bonchev–Trinajstić information content (AvgIpc) is 3.31. The van der Waals surface area contributed by atoms with Crippen molar-refractivity contribution in [3.8, 4) is 0 Å². The van der Waals surface area contributed by atoms with Gasteiger partial charge in [0.2, 0.25) is 5.91 Å². The van der Waals surface area contributed by atoms with Crippen molar-refractivity contribution in [2.45, 2.75) is 264 Å². The number of rotatable bonds is 51. The van der Waals surface area contributed by atoms with E-state index in [-0.39, 0.29) is 25.5 Å².